The van der Waals surface area contributed by atoms with Gasteiger partial charge in [0.15, 0.2) is 4.88 Å². The Morgan fingerprint density at radius 2 is 2.29 bits per heavy atom. The lowest BCUT2D eigenvalue weighted by atomic mass is 10.2. The summed E-state index contributed by atoms with van der Waals surface area (Å²) in [5, 5.41) is 9.54. The van der Waals surface area contributed by atoms with Gasteiger partial charge in [-0.05, 0) is 12.8 Å². The van der Waals surface area contributed by atoms with Gasteiger partial charge in [-0.3, -0.25) is 0 Å². The van der Waals surface area contributed by atoms with E-state index in [1.54, 1.807) is 6.92 Å². The molecule has 0 aromatic carbocycles. The molecule has 1 rings (SSSR count). The topological polar surface area (TPSA) is 59.4 Å². The van der Waals surface area contributed by atoms with Gasteiger partial charge in [-0.25, -0.2) is 9.78 Å². The minimum Gasteiger partial charge on any atom is -0.477 e. The van der Waals surface area contributed by atoms with Gasteiger partial charge in [0.25, 0.3) is 0 Å². The minimum atomic E-state index is -0.977. The third-order valence-electron chi connectivity index (χ3n) is 1.45. The lowest BCUT2D eigenvalue weighted by molar-refractivity contribution is 0.0696. The highest BCUT2D eigenvalue weighted by atomic mass is 32.1. The van der Waals surface area contributed by atoms with Crippen LogP contribution in [0.3, 0.4) is 0 Å². The van der Waals surface area contributed by atoms with Gasteiger partial charge >= 0.3 is 5.97 Å². The van der Waals surface area contributed by atoms with Crippen LogP contribution in [0.5, 0.6) is 5.88 Å². The molecule has 0 amide bonds. The molecule has 0 radical (unpaired) electrons. The van der Waals surface area contributed by atoms with Crippen molar-refractivity contribution < 1.29 is 14.6 Å². The second-order valence-corrected chi connectivity index (χ2v) is 4.58. The number of carboxylic acids is 1. The number of aromatic carboxylic acids is 1. The second-order valence-electron chi connectivity index (χ2n) is 3.38. The van der Waals surface area contributed by atoms with E-state index in [1.807, 2.05) is 13.8 Å². The molecule has 0 spiro atoms. The number of hydrogen-bond acceptors (Lipinski definition) is 4. The van der Waals surface area contributed by atoms with E-state index in [9.17, 15) is 4.79 Å². The van der Waals surface area contributed by atoms with Gasteiger partial charge in [-0.2, -0.15) is 0 Å². The molecule has 0 saturated heterocycles. The fourth-order valence-electron chi connectivity index (χ4n) is 0.887. The SMILES string of the molecule is Cc1nc(OCC(C)C)c(C(=O)O)s1. The van der Waals surface area contributed by atoms with E-state index in [2.05, 4.69) is 4.98 Å². The molecule has 0 fully saturated rings. The maximum Gasteiger partial charge on any atom is 0.351 e. The van der Waals surface area contributed by atoms with Crippen molar-refractivity contribution in [3.05, 3.63) is 9.88 Å². The molecule has 1 N–H and O–H groups in total. The van der Waals surface area contributed by atoms with Gasteiger partial charge in [0.1, 0.15) is 0 Å². The van der Waals surface area contributed by atoms with Crippen molar-refractivity contribution in [2.45, 2.75) is 20.8 Å². The van der Waals surface area contributed by atoms with Gasteiger partial charge in [-0.1, -0.05) is 13.8 Å². The van der Waals surface area contributed by atoms with E-state index in [4.69, 9.17) is 9.84 Å². The van der Waals surface area contributed by atoms with Crippen molar-refractivity contribution in [3.63, 3.8) is 0 Å². The largest absolute Gasteiger partial charge is 0.477 e. The molecule has 14 heavy (non-hydrogen) atoms. The summed E-state index contributed by atoms with van der Waals surface area (Å²) in [5.41, 5.74) is 0. The quantitative estimate of drug-likeness (QED) is 0.836. The smallest absolute Gasteiger partial charge is 0.351 e. The number of nitrogens with zero attached hydrogens (tertiary/aromatic N) is 1. The number of carboxylic acid groups (broad SMARTS) is 1. The molecule has 0 bridgehead atoms. The van der Waals surface area contributed by atoms with Gasteiger partial charge in [0.2, 0.25) is 5.88 Å². The first-order valence-electron chi connectivity index (χ1n) is 4.34. The number of rotatable bonds is 4. The zero-order chi connectivity index (χ0) is 10.7. The molecule has 0 aliphatic rings. The molecule has 1 aromatic rings. The van der Waals surface area contributed by atoms with E-state index in [0.717, 1.165) is 11.3 Å². The predicted molar refractivity (Wildman–Crippen MR) is 54.1 cm³/mol. The van der Waals surface area contributed by atoms with Crippen molar-refractivity contribution in [3.8, 4) is 5.88 Å². The second kappa shape index (κ2) is 4.41. The summed E-state index contributed by atoms with van der Waals surface area (Å²) in [7, 11) is 0. The Labute approximate surface area is 86.6 Å². The zero-order valence-corrected chi connectivity index (χ0v) is 9.22. The van der Waals surface area contributed by atoms with Crippen LogP contribution in [-0.4, -0.2) is 22.7 Å². The first kappa shape index (κ1) is 11.0. The third-order valence-corrected chi connectivity index (χ3v) is 2.39. The van der Waals surface area contributed by atoms with Crippen LogP contribution in [0.2, 0.25) is 0 Å². The monoisotopic (exact) mass is 215 g/mol. The molecule has 0 saturated carbocycles. The lowest BCUT2D eigenvalue weighted by Gasteiger charge is -2.05. The number of aromatic nitrogens is 1. The van der Waals surface area contributed by atoms with Gasteiger partial charge in [-0.15, -0.1) is 11.3 Å². The van der Waals surface area contributed by atoms with Crippen molar-refractivity contribution >= 4 is 17.3 Å². The molecule has 0 aliphatic carbocycles. The molecular weight excluding hydrogens is 202 g/mol. The molecule has 0 aliphatic heterocycles. The van der Waals surface area contributed by atoms with E-state index < -0.39 is 5.97 Å². The summed E-state index contributed by atoms with van der Waals surface area (Å²) >= 11 is 1.14. The maximum absolute atomic E-state index is 10.8. The fraction of sp³-hybridized carbons (Fsp3) is 0.556. The Bertz CT molecular complexity index is 333. The molecule has 4 nitrogen and oxygen atoms in total. The summed E-state index contributed by atoms with van der Waals surface area (Å²) in [5.74, 6) is -0.373. The van der Waals surface area contributed by atoms with Crippen molar-refractivity contribution in [1.82, 2.24) is 4.98 Å². The highest BCUT2D eigenvalue weighted by Gasteiger charge is 2.17. The van der Waals surface area contributed by atoms with E-state index in [0.29, 0.717) is 17.5 Å². The maximum atomic E-state index is 10.8. The van der Waals surface area contributed by atoms with Crippen LogP contribution < -0.4 is 4.74 Å². The number of hydrogen-bond donors (Lipinski definition) is 1. The van der Waals surface area contributed by atoms with Gasteiger partial charge in [0, 0.05) is 0 Å². The Morgan fingerprint density at radius 1 is 1.64 bits per heavy atom. The Kier molecular flexibility index (Phi) is 3.46. The van der Waals surface area contributed by atoms with Crippen LogP contribution in [0.4, 0.5) is 0 Å². The third kappa shape index (κ3) is 2.70. The molecule has 1 heterocycles. The Balaban J connectivity index is 2.79. The average Bonchev–Trinajstić information content (AvgIpc) is 2.43. The lowest BCUT2D eigenvalue weighted by Crippen LogP contribution is -2.07. The van der Waals surface area contributed by atoms with Gasteiger partial charge in [0.05, 0.1) is 11.6 Å². The Hall–Kier alpha value is -1.10. The number of thiazole rings is 1. The summed E-state index contributed by atoms with van der Waals surface area (Å²) in [6.45, 7) is 6.25. The van der Waals surface area contributed by atoms with Crippen LogP contribution in [0.1, 0.15) is 28.5 Å². The van der Waals surface area contributed by atoms with E-state index >= 15 is 0 Å². The molecule has 1 aromatic heterocycles. The molecule has 5 heteroatoms. The standard InChI is InChI=1S/C9H13NO3S/c1-5(2)4-13-8-7(9(11)12)14-6(3)10-8/h5H,4H2,1-3H3,(H,11,12). The highest BCUT2D eigenvalue weighted by Crippen LogP contribution is 2.24. The van der Waals surface area contributed by atoms with Crippen LogP contribution in [-0.2, 0) is 0 Å². The summed E-state index contributed by atoms with van der Waals surface area (Å²) in [6.07, 6.45) is 0. The number of carbonyl (C=O) groups is 1. The first-order valence-corrected chi connectivity index (χ1v) is 5.16. The van der Waals surface area contributed by atoms with E-state index in [-0.39, 0.29) is 10.8 Å². The molecule has 0 unspecified atom stereocenters. The number of ether oxygens (including phenoxy) is 1. The summed E-state index contributed by atoms with van der Waals surface area (Å²) in [4.78, 5) is 15.0. The summed E-state index contributed by atoms with van der Waals surface area (Å²) < 4.78 is 5.30. The van der Waals surface area contributed by atoms with Crippen LogP contribution >= 0.6 is 11.3 Å². The fourth-order valence-corrected chi connectivity index (χ4v) is 1.59. The van der Waals surface area contributed by atoms with Gasteiger partial charge < -0.3 is 9.84 Å². The van der Waals surface area contributed by atoms with E-state index in [1.165, 1.54) is 0 Å². The zero-order valence-electron chi connectivity index (χ0n) is 8.40. The van der Waals surface area contributed by atoms with Crippen LogP contribution in [0, 0.1) is 12.8 Å². The highest BCUT2D eigenvalue weighted by molar-refractivity contribution is 7.13. The van der Waals surface area contributed by atoms with Crippen molar-refractivity contribution in [1.29, 1.82) is 0 Å². The van der Waals surface area contributed by atoms with Crippen molar-refractivity contribution in [2.75, 3.05) is 6.61 Å². The molecular formula is C9H13NO3S. The van der Waals surface area contributed by atoms with Crippen LogP contribution in [0.15, 0.2) is 0 Å². The molecule has 78 valence electrons. The Morgan fingerprint density at radius 3 is 2.79 bits per heavy atom. The van der Waals surface area contributed by atoms with Crippen molar-refractivity contribution in [2.24, 2.45) is 5.92 Å². The predicted octanol–water partition coefficient (Wildman–Crippen LogP) is 2.18. The first-order chi connectivity index (χ1) is 6.50. The summed E-state index contributed by atoms with van der Waals surface area (Å²) in [6, 6.07) is 0. The normalized spacial score (nSPS) is 10.6. The average molecular weight is 215 g/mol. The number of aryl methyl sites for hydroxylation is 1. The molecule has 0 atom stereocenters. The minimum absolute atomic E-state index is 0.183. The van der Waals surface area contributed by atoms with Crippen LogP contribution in [0.25, 0.3) is 0 Å².